The van der Waals surface area contributed by atoms with Crippen LogP contribution < -0.4 is 5.56 Å². The summed E-state index contributed by atoms with van der Waals surface area (Å²) in [5.41, 5.74) is 4.64. The van der Waals surface area contributed by atoms with E-state index in [0.29, 0.717) is 12.0 Å². The highest BCUT2D eigenvalue weighted by atomic mass is 16.6. The van der Waals surface area contributed by atoms with Gasteiger partial charge < -0.3 is 4.98 Å². The highest BCUT2D eigenvalue weighted by molar-refractivity contribution is 5.80. The first-order valence-electron chi connectivity index (χ1n) is 7.90. The van der Waals surface area contributed by atoms with Gasteiger partial charge in [-0.1, -0.05) is 24.3 Å². The smallest absolute Gasteiger partial charge is 0.269 e. The predicted molar refractivity (Wildman–Crippen MR) is 96.2 cm³/mol. The maximum atomic E-state index is 13.1. The molecule has 0 atom stereocenters. The summed E-state index contributed by atoms with van der Waals surface area (Å²) in [7, 11) is 0. The number of non-ortho nitro benzene ring substituents is 1. The number of nitro benzene ring substituents is 1. The molecule has 124 valence electrons. The molecule has 4 rings (SSSR count). The number of fused-ring (bicyclic) bond motifs is 3. The van der Waals surface area contributed by atoms with Gasteiger partial charge in [0, 0.05) is 24.1 Å². The first kappa shape index (κ1) is 15.1. The van der Waals surface area contributed by atoms with E-state index in [0.717, 1.165) is 27.8 Å². The maximum absolute atomic E-state index is 13.1. The Morgan fingerprint density at radius 3 is 2.72 bits per heavy atom. The summed E-state index contributed by atoms with van der Waals surface area (Å²) < 4.78 is 1.66. The number of rotatable bonds is 3. The molecule has 0 unspecified atom stereocenters. The van der Waals surface area contributed by atoms with Crippen LogP contribution in [0.25, 0.3) is 16.7 Å². The molecule has 25 heavy (non-hydrogen) atoms. The van der Waals surface area contributed by atoms with E-state index in [-0.39, 0.29) is 11.2 Å². The molecule has 6 nitrogen and oxygen atoms in total. The Hall–Kier alpha value is -3.41. The SMILES string of the molecule is Cc1cc2[nH]c3ccccc3n2c(=O)c1Cc1cccc([N+](=O)[O-])c1. The molecule has 0 saturated heterocycles. The summed E-state index contributed by atoms with van der Waals surface area (Å²) in [4.78, 5) is 26.8. The summed E-state index contributed by atoms with van der Waals surface area (Å²) >= 11 is 0. The highest BCUT2D eigenvalue weighted by Crippen LogP contribution is 2.20. The van der Waals surface area contributed by atoms with Crippen molar-refractivity contribution in [3.63, 3.8) is 0 Å². The quantitative estimate of drug-likeness (QED) is 0.459. The fourth-order valence-corrected chi connectivity index (χ4v) is 3.21. The topological polar surface area (TPSA) is 80.4 Å². The Balaban J connectivity index is 1.90. The van der Waals surface area contributed by atoms with Crippen molar-refractivity contribution >= 4 is 22.4 Å². The van der Waals surface area contributed by atoms with Gasteiger partial charge in [0.25, 0.3) is 11.2 Å². The van der Waals surface area contributed by atoms with Gasteiger partial charge in [0.2, 0.25) is 0 Å². The van der Waals surface area contributed by atoms with Crippen molar-refractivity contribution in [2.24, 2.45) is 0 Å². The van der Waals surface area contributed by atoms with Crippen LogP contribution in [0.4, 0.5) is 5.69 Å². The Morgan fingerprint density at radius 1 is 1.12 bits per heavy atom. The summed E-state index contributed by atoms with van der Waals surface area (Å²) in [5, 5.41) is 11.0. The summed E-state index contributed by atoms with van der Waals surface area (Å²) in [6, 6.07) is 16.0. The Bertz CT molecular complexity index is 1190. The molecule has 0 aliphatic heterocycles. The van der Waals surface area contributed by atoms with E-state index in [1.807, 2.05) is 37.3 Å². The van der Waals surface area contributed by atoms with Crippen LogP contribution in [0.5, 0.6) is 0 Å². The number of hydrogen-bond donors (Lipinski definition) is 1. The molecule has 2 heterocycles. The van der Waals surface area contributed by atoms with Crippen molar-refractivity contribution in [1.29, 1.82) is 0 Å². The number of imidazole rings is 1. The number of aromatic nitrogens is 2. The number of para-hydroxylation sites is 2. The van der Waals surface area contributed by atoms with E-state index < -0.39 is 4.92 Å². The molecule has 0 amide bonds. The molecule has 0 aliphatic rings. The van der Waals surface area contributed by atoms with E-state index in [1.54, 1.807) is 16.5 Å². The number of aryl methyl sites for hydroxylation is 1. The molecule has 0 fully saturated rings. The van der Waals surface area contributed by atoms with Crippen molar-refractivity contribution in [1.82, 2.24) is 9.38 Å². The zero-order valence-electron chi connectivity index (χ0n) is 13.5. The zero-order chi connectivity index (χ0) is 17.6. The molecular formula is C19H15N3O3. The average Bonchev–Trinajstić information content (AvgIpc) is 2.97. The number of pyridine rings is 1. The Labute approximate surface area is 142 Å². The van der Waals surface area contributed by atoms with Crippen LogP contribution in [0, 0.1) is 17.0 Å². The van der Waals surface area contributed by atoms with Crippen LogP contribution in [0.3, 0.4) is 0 Å². The number of nitro groups is 1. The molecule has 0 spiro atoms. The minimum Gasteiger partial charge on any atom is -0.340 e. The second-order valence-electron chi connectivity index (χ2n) is 6.08. The molecule has 6 heteroatoms. The lowest BCUT2D eigenvalue weighted by molar-refractivity contribution is -0.384. The number of benzene rings is 2. The summed E-state index contributed by atoms with van der Waals surface area (Å²) in [6.45, 7) is 1.89. The van der Waals surface area contributed by atoms with Crippen LogP contribution in [0.2, 0.25) is 0 Å². The largest absolute Gasteiger partial charge is 0.340 e. The first-order chi connectivity index (χ1) is 12.0. The summed E-state index contributed by atoms with van der Waals surface area (Å²) in [6.07, 6.45) is 0.356. The van der Waals surface area contributed by atoms with Crippen molar-refractivity contribution in [3.8, 4) is 0 Å². The third-order valence-electron chi connectivity index (χ3n) is 4.44. The number of nitrogens with one attached hydrogen (secondary N) is 1. The molecule has 2 aromatic heterocycles. The van der Waals surface area contributed by atoms with E-state index >= 15 is 0 Å². The van der Waals surface area contributed by atoms with Gasteiger partial charge in [-0.15, -0.1) is 0 Å². The zero-order valence-corrected chi connectivity index (χ0v) is 13.5. The third kappa shape index (κ3) is 2.48. The van der Waals surface area contributed by atoms with Crippen LogP contribution >= 0.6 is 0 Å². The van der Waals surface area contributed by atoms with Crippen molar-refractivity contribution < 1.29 is 4.92 Å². The van der Waals surface area contributed by atoms with Gasteiger partial charge in [-0.25, -0.2) is 0 Å². The van der Waals surface area contributed by atoms with Gasteiger partial charge in [0.1, 0.15) is 5.65 Å². The molecule has 4 aromatic rings. The van der Waals surface area contributed by atoms with E-state index in [9.17, 15) is 14.9 Å². The number of aromatic amines is 1. The average molecular weight is 333 g/mol. The van der Waals surface area contributed by atoms with Crippen LogP contribution in [-0.2, 0) is 6.42 Å². The van der Waals surface area contributed by atoms with Crippen LogP contribution in [0.15, 0.2) is 59.4 Å². The van der Waals surface area contributed by atoms with Crippen molar-refractivity contribution in [3.05, 3.63) is 91.8 Å². The molecule has 0 aliphatic carbocycles. The first-order valence-corrected chi connectivity index (χ1v) is 7.90. The normalized spacial score (nSPS) is 11.2. The lowest BCUT2D eigenvalue weighted by atomic mass is 10.0. The van der Waals surface area contributed by atoms with Gasteiger partial charge in [0.15, 0.2) is 0 Å². The fraction of sp³-hybridized carbons (Fsp3) is 0.105. The van der Waals surface area contributed by atoms with Gasteiger partial charge in [0.05, 0.1) is 16.0 Å². The van der Waals surface area contributed by atoms with E-state index in [2.05, 4.69) is 4.98 Å². The second kappa shape index (κ2) is 5.59. The predicted octanol–water partition coefficient (Wildman–Crippen LogP) is 3.59. The van der Waals surface area contributed by atoms with Gasteiger partial charge in [-0.2, -0.15) is 0 Å². The standard InChI is InChI=1S/C19H15N3O3/c1-12-9-18-20-16-7-2-3-8-17(16)21(18)19(23)15(12)11-13-5-4-6-14(10-13)22(24)25/h2-10,20H,11H2,1H3. The molecule has 0 bridgehead atoms. The van der Waals surface area contributed by atoms with E-state index in [1.165, 1.54) is 12.1 Å². The van der Waals surface area contributed by atoms with Crippen molar-refractivity contribution in [2.45, 2.75) is 13.3 Å². The molecule has 0 saturated carbocycles. The number of hydrogen-bond acceptors (Lipinski definition) is 3. The monoisotopic (exact) mass is 333 g/mol. The Morgan fingerprint density at radius 2 is 1.92 bits per heavy atom. The minimum atomic E-state index is -0.425. The second-order valence-corrected chi connectivity index (χ2v) is 6.08. The molecule has 2 aromatic carbocycles. The van der Waals surface area contributed by atoms with E-state index in [4.69, 9.17) is 0 Å². The van der Waals surface area contributed by atoms with Crippen LogP contribution in [-0.4, -0.2) is 14.3 Å². The Kier molecular flexibility index (Phi) is 3.39. The van der Waals surface area contributed by atoms with Crippen molar-refractivity contribution in [2.75, 3.05) is 0 Å². The molecule has 1 N–H and O–H groups in total. The maximum Gasteiger partial charge on any atom is 0.269 e. The summed E-state index contributed by atoms with van der Waals surface area (Å²) in [5.74, 6) is 0. The fourth-order valence-electron chi connectivity index (χ4n) is 3.21. The van der Waals surface area contributed by atoms with Gasteiger partial charge >= 0.3 is 0 Å². The number of H-pyrrole nitrogens is 1. The number of nitrogens with zero attached hydrogens (tertiary/aromatic N) is 2. The lowest BCUT2D eigenvalue weighted by Crippen LogP contribution is -2.19. The molecule has 0 radical (unpaired) electrons. The van der Waals surface area contributed by atoms with Gasteiger partial charge in [-0.05, 0) is 36.2 Å². The lowest BCUT2D eigenvalue weighted by Gasteiger charge is -2.07. The minimum absolute atomic E-state index is 0.0310. The van der Waals surface area contributed by atoms with Crippen LogP contribution in [0.1, 0.15) is 16.7 Å². The highest BCUT2D eigenvalue weighted by Gasteiger charge is 2.14. The molecular weight excluding hydrogens is 318 g/mol. The van der Waals surface area contributed by atoms with Gasteiger partial charge in [-0.3, -0.25) is 19.3 Å². The third-order valence-corrected chi connectivity index (χ3v) is 4.44.